The summed E-state index contributed by atoms with van der Waals surface area (Å²) in [4.78, 5) is 0. The maximum absolute atomic E-state index is 4.56. The van der Waals surface area contributed by atoms with Crippen molar-refractivity contribution in [3.8, 4) is 0 Å². The van der Waals surface area contributed by atoms with Crippen molar-refractivity contribution in [3.05, 3.63) is 35.9 Å². The Kier molecular flexibility index (Phi) is 3.05. The average Bonchev–Trinajstić information content (AvgIpc) is 2.58. The molecule has 2 rings (SSSR count). The van der Waals surface area contributed by atoms with Crippen LogP contribution in [0.4, 0.5) is 0 Å². The van der Waals surface area contributed by atoms with Crippen molar-refractivity contribution in [2.45, 2.75) is 38.8 Å². The van der Waals surface area contributed by atoms with Crippen LogP contribution in [0.3, 0.4) is 0 Å². The highest BCUT2D eigenvalue weighted by Crippen LogP contribution is 2.23. The molecule has 0 bridgehead atoms. The fourth-order valence-electron chi connectivity index (χ4n) is 2.08. The highest BCUT2D eigenvalue weighted by atomic mass is 15.5. The molecule has 1 aromatic rings. The molecule has 0 aliphatic carbocycles. The largest absolute Gasteiger partial charge is 0.292 e. The van der Waals surface area contributed by atoms with Gasteiger partial charge in [-0.05, 0) is 32.3 Å². The molecule has 80 valence electrons. The van der Waals surface area contributed by atoms with E-state index < -0.39 is 0 Å². The van der Waals surface area contributed by atoms with Gasteiger partial charge in [0.25, 0.3) is 0 Å². The third-order valence-corrected chi connectivity index (χ3v) is 3.05. The zero-order chi connectivity index (χ0) is 10.7. The number of hydrogen-bond donors (Lipinski definition) is 0. The van der Waals surface area contributed by atoms with E-state index in [4.69, 9.17) is 0 Å². The van der Waals surface area contributed by atoms with Crippen LogP contribution in [0.15, 0.2) is 35.4 Å². The van der Waals surface area contributed by atoms with Crippen LogP contribution >= 0.6 is 0 Å². The number of nitrogens with zero attached hydrogens (tertiary/aromatic N) is 2. The average molecular weight is 202 g/mol. The standard InChI is InChI=1S/C13H18N2/c1-11-8-9-12(2)15(11)14-10-13-6-4-3-5-7-13/h3-7,10-12H,8-9H2,1-2H3/b14-10+/t11-,12-/m1/s1. The highest BCUT2D eigenvalue weighted by molar-refractivity contribution is 5.79. The van der Waals surface area contributed by atoms with E-state index >= 15 is 0 Å². The molecule has 0 saturated carbocycles. The maximum Gasteiger partial charge on any atom is 0.0543 e. The molecule has 1 aromatic carbocycles. The molecule has 2 heteroatoms. The Balaban J connectivity index is 2.05. The van der Waals surface area contributed by atoms with Gasteiger partial charge in [0.15, 0.2) is 0 Å². The van der Waals surface area contributed by atoms with Crippen molar-refractivity contribution in [3.63, 3.8) is 0 Å². The molecule has 2 nitrogen and oxygen atoms in total. The molecular formula is C13H18N2. The summed E-state index contributed by atoms with van der Waals surface area (Å²) in [6.07, 6.45) is 4.47. The van der Waals surface area contributed by atoms with Crippen LogP contribution < -0.4 is 0 Å². The van der Waals surface area contributed by atoms with Gasteiger partial charge in [0.1, 0.15) is 0 Å². The molecule has 0 unspecified atom stereocenters. The minimum absolute atomic E-state index is 0.583. The molecule has 0 spiro atoms. The van der Waals surface area contributed by atoms with Gasteiger partial charge in [-0.1, -0.05) is 30.3 Å². The third-order valence-electron chi connectivity index (χ3n) is 3.05. The molecule has 1 saturated heterocycles. The van der Waals surface area contributed by atoms with Crippen molar-refractivity contribution < 1.29 is 0 Å². The highest BCUT2D eigenvalue weighted by Gasteiger charge is 2.25. The Bertz CT molecular complexity index is 322. The Morgan fingerprint density at radius 2 is 1.73 bits per heavy atom. The fraction of sp³-hybridized carbons (Fsp3) is 0.462. The fourth-order valence-corrected chi connectivity index (χ4v) is 2.08. The number of hydrazone groups is 1. The molecule has 1 heterocycles. The third kappa shape index (κ3) is 2.38. The Morgan fingerprint density at radius 3 is 2.33 bits per heavy atom. The van der Waals surface area contributed by atoms with Crippen LogP contribution in [0.25, 0.3) is 0 Å². The predicted molar refractivity (Wildman–Crippen MR) is 64.0 cm³/mol. The topological polar surface area (TPSA) is 15.6 Å². The Hall–Kier alpha value is -1.31. The summed E-state index contributed by atoms with van der Waals surface area (Å²) in [6, 6.07) is 11.4. The first-order valence-corrected chi connectivity index (χ1v) is 5.65. The summed E-state index contributed by atoms with van der Waals surface area (Å²) in [5, 5.41) is 6.78. The maximum atomic E-state index is 4.56. The summed E-state index contributed by atoms with van der Waals surface area (Å²) >= 11 is 0. The van der Waals surface area contributed by atoms with E-state index in [1.54, 1.807) is 0 Å². The molecule has 0 aromatic heterocycles. The zero-order valence-electron chi connectivity index (χ0n) is 9.43. The molecule has 2 atom stereocenters. The molecule has 1 aliphatic rings. The molecular weight excluding hydrogens is 184 g/mol. The summed E-state index contributed by atoms with van der Waals surface area (Å²) < 4.78 is 0. The van der Waals surface area contributed by atoms with Gasteiger partial charge in [-0.15, -0.1) is 0 Å². The number of benzene rings is 1. The quantitative estimate of drug-likeness (QED) is 0.673. The van der Waals surface area contributed by atoms with E-state index in [9.17, 15) is 0 Å². The van der Waals surface area contributed by atoms with E-state index in [2.05, 4.69) is 36.1 Å². The Morgan fingerprint density at radius 1 is 1.13 bits per heavy atom. The molecule has 15 heavy (non-hydrogen) atoms. The first-order chi connectivity index (χ1) is 7.27. The van der Waals surface area contributed by atoms with Crippen molar-refractivity contribution in [2.24, 2.45) is 5.10 Å². The van der Waals surface area contributed by atoms with E-state index in [1.165, 1.54) is 18.4 Å². The van der Waals surface area contributed by atoms with E-state index in [0.29, 0.717) is 12.1 Å². The lowest BCUT2D eigenvalue weighted by molar-refractivity contribution is 0.226. The lowest BCUT2D eigenvalue weighted by Crippen LogP contribution is -2.27. The van der Waals surface area contributed by atoms with E-state index in [1.807, 2.05) is 24.4 Å². The van der Waals surface area contributed by atoms with Crippen LogP contribution in [0.1, 0.15) is 32.3 Å². The van der Waals surface area contributed by atoms with Crippen LogP contribution in [0.5, 0.6) is 0 Å². The van der Waals surface area contributed by atoms with Crippen molar-refractivity contribution >= 4 is 6.21 Å². The van der Waals surface area contributed by atoms with Gasteiger partial charge in [0.2, 0.25) is 0 Å². The van der Waals surface area contributed by atoms with E-state index in [-0.39, 0.29) is 0 Å². The van der Waals surface area contributed by atoms with Crippen molar-refractivity contribution in [1.82, 2.24) is 5.01 Å². The van der Waals surface area contributed by atoms with Crippen LogP contribution in [-0.4, -0.2) is 23.3 Å². The second-order valence-corrected chi connectivity index (χ2v) is 4.31. The normalized spacial score (nSPS) is 26.4. The molecule has 1 fully saturated rings. The molecule has 1 aliphatic heterocycles. The summed E-state index contributed by atoms with van der Waals surface area (Å²) in [5.74, 6) is 0. The SMILES string of the molecule is C[C@@H]1CC[C@@H](C)N1/N=C/c1ccccc1. The van der Waals surface area contributed by atoms with Gasteiger partial charge < -0.3 is 0 Å². The first kappa shape index (κ1) is 10.2. The minimum atomic E-state index is 0.583. The van der Waals surface area contributed by atoms with E-state index in [0.717, 1.165) is 0 Å². The molecule has 0 N–H and O–H groups in total. The van der Waals surface area contributed by atoms with Gasteiger partial charge in [-0.3, -0.25) is 5.01 Å². The van der Waals surface area contributed by atoms with Crippen LogP contribution in [0, 0.1) is 0 Å². The minimum Gasteiger partial charge on any atom is -0.292 e. The molecule has 0 radical (unpaired) electrons. The van der Waals surface area contributed by atoms with Gasteiger partial charge >= 0.3 is 0 Å². The smallest absolute Gasteiger partial charge is 0.0543 e. The van der Waals surface area contributed by atoms with Gasteiger partial charge in [0, 0.05) is 12.1 Å². The zero-order valence-corrected chi connectivity index (χ0v) is 9.43. The predicted octanol–water partition coefficient (Wildman–Crippen LogP) is 2.89. The lowest BCUT2D eigenvalue weighted by atomic mass is 10.2. The first-order valence-electron chi connectivity index (χ1n) is 5.65. The summed E-state index contributed by atoms with van der Waals surface area (Å²) in [6.45, 7) is 4.48. The monoisotopic (exact) mass is 202 g/mol. The second kappa shape index (κ2) is 4.47. The Labute approximate surface area is 91.6 Å². The molecule has 0 amide bonds. The number of rotatable bonds is 2. The van der Waals surface area contributed by atoms with Crippen molar-refractivity contribution in [2.75, 3.05) is 0 Å². The van der Waals surface area contributed by atoms with Gasteiger partial charge in [-0.25, -0.2) is 0 Å². The van der Waals surface area contributed by atoms with Gasteiger partial charge in [0.05, 0.1) is 6.21 Å². The van der Waals surface area contributed by atoms with Crippen molar-refractivity contribution in [1.29, 1.82) is 0 Å². The number of hydrogen-bond acceptors (Lipinski definition) is 2. The van der Waals surface area contributed by atoms with Crippen LogP contribution in [0.2, 0.25) is 0 Å². The summed E-state index contributed by atoms with van der Waals surface area (Å²) in [7, 11) is 0. The van der Waals surface area contributed by atoms with Crippen LogP contribution in [-0.2, 0) is 0 Å². The van der Waals surface area contributed by atoms with Gasteiger partial charge in [-0.2, -0.15) is 5.10 Å². The lowest BCUT2D eigenvalue weighted by Gasteiger charge is -2.22. The second-order valence-electron chi connectivity index (χ2n) is 4.31. The summed E-state index contributed by atoms with van der Waals surface area (Å²) in [5.41, 5.74) is 1.17.